The average Bonchev–Trinajstić information content (AvgIpc) is 2.42. The number of rotatable bonds is 5. The maximum absolute atomic E-state index is 6.31. The van der Waals surface area contributed by atoms with Gasteiger partial charge in [-0.15, -0.1) is 0 Å². The predicted octanol–water partition coefficient (Wildman–Crippen LogP) is 5.98. The zero-order valence-electron chi connectivity index (χ0n) is 12.4. The molecule has 0 aliphatic carbocycles. The molecule has 0 amide bonds. The summed E-state index contributed by atoms with van der Waals surface area (Å²) < 4.78 is 6.50. The van der Waals surface area contributed by atoms with E-state index in [4.69, 9.17) is 16.3 Å². The number of aryl methyl sites for hydroxylation is 1. The quantitative estimate of drug-likeness (QED) is 0.700. The van der Waals surface area contributed by atoms with Crippen LogP contribution in [0.15, 0.2) is 40.9 Å². The summed E-state index contributed by atoms with van der Waals surface area (Å²) in [4.78, 5) is 0. The first-order chi connectivity index (χ1) is 10.0. The monoisotopic (exact) mass is 367 g/mol. The fraction of sp³-hybridized carbons (Fsp3) is 0.294. The van der Waals surface area contributed by atoms with Crippen molar-refractivity contribution in [3.05, 3.63) is 57.0 Å². The van der Waals surface area contributed by atoms with Gasteiger partial charge in [0.2, 0.25) is 0 Å². The number of benzene rings is 2. The number of halogens is 2. The van der Waals surface area contributed by atoms with E-state index < -0.39 is 0 Å². The molecule has 0 fully saturated rings. The van der Waals surface area contributed by atoms with Crippen LogP contribution in [0.4, 0.5) is 5.69 Å². The van der Waals surface area contributed by atoms with Gasteiger partial charge in [0.25, 0.3) is 0 Å². The molecule has 21 heavy (non-hydrogen) atoms. The summed E-state index contributed by atoms with van der Waals surface area (Å²) in [6.07, 6.45) is 0. The Morgan fingerprint density at radius 3 is 2.62 bits per heavy atom. The summed E-state index contributed by atoms with van der Waals surface area (Å²) in [7, 11) is 0. The van der Waals surface area contributed by atoms with Gasteiger partial charge in [-0.05, 0) is 62.2 Å². The Kier molecular flexibility index (Phi) is 5.54. The van der Waals surface area contributed by atoms with Crippen LogP contribution in [-0.4, -0.2) is 6.61 Å². The van der Waals surface area contributed by atoms with E-state index in [9.17, 15) is 0 Å². The number of hydrogen-bond donors (Lipinski definition) is 1. The lowest BCUT2D eigenvalue weighted by atomic mass is 10.1. The molecule has 0 heterocycles. The highest BCUT2D eigenvalue weighted by molar-refractivity contribution is 9.10. The van der Waals surface area contributed by atoms with E-state index in [2.05, 4.69) is 35.1 Å². The van der Waals surface area contributed by atoms with Gasteiger partial charge < -0.3 is 10.1 Å². The molecule has 1 atom stereocenters. The maximum Gasteiger partial charge on any atom is 0.119 e. The zero-order chi connectivity index (χ0) is 15.4. The molecule has 0 saturated heterocycles. The summed E-state index contributed by atoms with van der Waals surface area (Å²) in [5.41, 5.74) is 3.32. The summed E-state index contributed by atoms with van der Waals surface area (Å²) in [5, 5.41) is 4.26. The van der Waals surface area contributed by atoms with Crippen LogP contribution in [-0.2, 0) is 0 Å². The first-order valence-electron chi connectivity index (χ1n) is 6.96. The van der Waals surface area contributed by atoms with Crippen LogP contribution in [0.1, 0.15) is 31.0 Å². The normalized spacial score (nSPS) is 12.0. The largest absolute Gasteiger partial charge is 0.494 e. The van der Waals surface area contributed by atoms with Crippen LogP contribution in [0, 0.1) is 6.92 Å². The van der Waals surface area contributed by atoms with E-state index in [1.807, 2.05) is 43.3 Å². The van der Waals surface area contributed by atoms with Crippen molar-refractivity contribution in [2.45, 2.75) is 26.8 Å². The molecule has 2 aromatic carbocycles. The maximum atomic E-state index is 6.31. The molecule has 0 aromatic heterocycles. The molecule has 0 aliphatic rings. The highest BCUT2D eigenvalue weighted by Gasteiger charge is 2.11. The fourth-order valence-corrected chi connectivity index (χ4v) is 3.06. The van der Waals surface area contributed by atoms with Crippen LogP contribution < -0.4 is 10.1 Å². The molecule has 0 aliphatic heterocycles. The van der Waals surface area contributed by atoms with Crippen molar-refractivity contribution in [1.29, 1.82) is 0 Å². The third-order valence-corrected chi connectivity index (χ3v) is 4.13. The Morgan fingerprint density at radius 1 is 1.24 bits per heavy atom. The number of hydrogen-bond acceptors (Lipinski definition) is 2. The Morgan fingerprint density at radius 2 is 2.00 bits per heavy atom. The van der Waals surface area contributed by atoms with Crippen LogP contribution in [0.25, 0.3) is 0 Å². The zero-order valence-corrected chi connectivity index (χ0v) is 14.8. The van der Waals surface area contributed by atoms with Crippen LogP contribution in [0.2, 0.25) is 5.02 Å². The van der Waals surface area contributed by atoms with Gasteiger partial charge in [0, 0.05) is 15.2 Å². The summed E-state index contributed by atoms with van der Waals surface area (Å²) in [6.45, 7) is 6.84. The second-order valence-corrected chi connectivity index (χ2v) is 6.26. The minimum Gasteiger partial charge on any atom is -0.494 e. The fourth-order valence-electron chi connectivity index (χ4n) is 2.22. The first-order valence-corrected chi connectivity index (χ1v) is 8.13. The van der Waals surface area contributed by atoms with E-state index in [0.29, 0.717) is 6.61 Å². The van der Waals surface area contributed by atoms with Crippen molar-refractivity contribution in [1.82, 2.24) is 0 Å². The Bertz CT molecular complexity index is 630. The van der Waals surface area contributed by atoms with Crippen molar-refractivity contribution in [3.8, 4) is 5.75 Å². The predicted molar refractivity (Wildman–Crippen MR) is 93.5 cm³/mol. The number of ether oxygens (including phenoxy) is 1. The molecule has 0 bridgehead atoms. The Labute approximate surface area is 139 Å². The van der Waals surface area contributed by atoms with Crippen LogP contribution >= 0.6 is 27.5 Å². The van der Waals surface area contributed by atoms with Gasteiger partial charge >= 0.3 is 0 Å². The minimum atomic E-state index is 0.127. The number of anilines is 1. The highest BCUT2D eigenvalue weighted by atomic mass is 79.9. The number of nitrogens with one attached hydrogen (secondary N) is 1. The Hall–Kier alpha value is -1.19. The second-order valence-electron chi connectivity index (χ2n) is 4.94. The van der Waals surface area contributed by atoms with Crippen molar-refractivity contribution in [3.63, 3.8) is 0 Å². The van der Waals surface area contributed by atoms with Gasteiger partial charge in [-0.25, -0.2) is 0 Å². The molecule has 112 valence electrons. The molecular formula is C17H19BrClNO. The molecule has 0 radical (unpaired) electrons. The third kappa shape index (κ3) is 4.14. The van der Waals surface area contributed by atoms with Gasteiger partial charge in [0.05, 0.1) is 12.6 Å². The summed E-state index contributed by atoms with van der Waals surface area (Å²) in [5.74, 6) is 0.898. The second kappa shape index (κ2) is 7.19. The molecule has 0 spiro atoms. The molecule has 2 nitrogen and oxygen atoms in total. The van der Waals surface area contributed by atoms with E-state index in [-0.39, 0.29) is 6.04 Å². The van der Waals surface area contributed by atoms with Gasteiger partial charge in [0.1, 0.15) is 5.75 Å². The smallest absolute Gasteiger partial charge is 0.119 e. The molecule has 1 N–H and O–H groups in total. The van der Waals surface area contributed by atoms with E-state index in [1.54, 1.807) is 0 Å². The van der Waals surface area contributed by atoms with Gasteiger partial charge in [0.15, 0.2) is 0 Å². The van der Waals surface area contributed by atoms with Gasteiger partial charge in [-0.1, -0.05) is 33.6 Å². The first kappa shape index (κ1) is 16.2. The van der Waals surface area contributed by atoms with Crippen molar-refractivity contribution in [2.24, 2.45) is 0 Å². The molecule has 2 aromatic rings. The van der Waals surface area contributed by atoms with Crippen molar-refractivity contribution < 1.29 is 4.74 Å². The van der Waals surface area contributed by atoms with E-state index in [0.717, 1.165) is 32.1 Å². The third-order valence-electron chi connectivity index (χ3n) is 3.31. The van der Waals surface area contributed by atoms with E-state index >= 15 is 0 Å². The minimum absolute atomic E-state index is 0.127. The van der Waals surface area contributed by atoms with Gasteiger partial charge in [-0.2, -0.15) is 0 Å². The SMILES string of the molecule is CCOc1ccc(NC(C)c2ccc(Br)cc2Cl)c(C)c1. The van der Waals surface area contributed by atoms with Crippen LogP contribution in [0.3, 0.4) is 0 Å². The van der Waals surface area contributed by atoms with Crippen LogP contribution in [0.5, 0.6) is 5.75 Å². The Balaban J connectivity index is 2.17. The molecule has 0 saturated carbocycles. The lowest BCUT2D eigenvalue weighted by Gasteiger charge is -2.19. The van der Waals surface area contributed by atoms with Gasteiger partial charge in [-0.3, -0.25) is 0 Å². The summed E-state index contributed by atoms with van der Waals surface area (Å²) >= 11 is 9.73. The highest BCUT2D eigenvalue weighted by Crippen LogP contribution is 2.30. The topological polar surface area (TPSA) is 21.3 Å². The lowest BCUT2D eigenvalue weighted by molar-refractivity contribution is 0.340. The van der Waals surface area contributed by atoms with Crippen molar-refractivity contribution in [2.75, 3.05) is 11.9 Å². The molecular weight excluding hydrogens is 350 g/mol. The van der Waals surface area contributed by atoms with E-state index in [1.165, 1.54) is 0 Å². The van der Waals surface area contributed by atoms with Crippen molar-refractivity contribution >= 4 is 33.2 Å². The lowest BCUT2D eigenvalue weighted by Crippen LogP contribution is -2.08. The standard InChI is InChI=1S/C17H19BrClNO/c1-4-21-14-6-8-17(11(2)9-14)20-12(3)15-7-5-13(18)10-16(15)19/h5-10,12,20H,4H2,1-3H3. The molecule has 2 rings (SSSR count). The molecule has 4 heteroatoms. The average molecular weight is 369 g/mol. The summed E-state index contributed by atoms with van der Waals surface area (Å²) in [6, 6.07) is 12.2. The molecule has 1 unspecified atom stereocenters.